The van der Waals surface area contributed by atoms with E-state index in [2.05, 4.69) is 62.0 Å². The maximum atomic E-state index is 12.9. The van der Waals surface area contributed by atoms with Crippen LogP contribution in [-0.2, 0) is 24.2 Å². The number of unbranched alkanes of at least 4 members (excludes halogenated alkanes) is 1. The Morgan fingerprint density at radius 2 is 2.15 bits per heavy atom. The lowest BCUT2D eigenvalue weighted by Gasteiger charge is -2.25. The quantitative estimate of drug-likeness (QED) is 0.765. The number of hydrogen-bond donors (Lipinski definition) is 1. The van der Waals surface area contributed by atoms with Crippen molar-refractivity contribution < 1.29 is 4.79 Å². The largest absolute Gasteiger partial charge is 0.343 e. The summed E-state index contributed by atoms with van der Waals surface area (Å²) in [7, 11) is 2.06. The minimum atomic E-state index is 0.317. The van der Waals surface area contributed by atoms with Crippen molar-refractivity contribution in [3.05, 3.63) is 34.0 Å². The number of hydrogen-bond acceptors (Lipinski definition) is 2. The number of carbonyl (C=O) groups is 1. The fourth-order valence-corrected chi connectivity index (χ4v) is 4.59. The summed E-state index contributed by atoms with van der Waals surface area (Å²) < 4.78 is 2.50. The van der Waals surface area contributed by atoms with E-state index in [0.717, 1.165) is 45.1 Å². The van der Waals surface area contributed by atoms with Crippen LogP contribution in [0, 0.1) is 11.8 Å². The summed E-state index contributed by atoms with van der Waals surface area (Å²) in [6, 6.07) is 0.518. The Balaban J connectivity index is 2.08. The van der Waals surface area contributed by atoms with E-state index in [1.54, 1.807) is 0 Å². The van der Waals surface area contributed by atoms with Gasteiger partial charge in [-0.1, -0.05) is 51.0 Å². The maximum Gasteiger partial charge on any atom is 0.140 e. The second kappa shape index (κ2) is 9.05. The van der Waals surface area contributed by atoms with Gasteiger partial charge in [0, 0.05) is 41.2 Å². The molecule has 1 unspecified atom stereocenters. The maximum absolute atomic E-state index is 12.9. The number of allylic oxidation sites excluding steroid dienone is 2. The molecule has 0 amide bonds. The minimum Gasteiger partial charge on any atom is -0.343 e. The predicted octanol–water partition coefficient (Wildman–Crippen LogP) is 3.12. The zero-order chi connectivity index (χ0) is 19.4. The summed E-state index contributed by atoms with van der Waals surface area (Å²) in [4.78, 5) is 12.9. The highest BCUT2D eigenvalue weighted by atomic mass is 16.1. The van der Waals surface area contributed by atoms with Gasteiger partial charge in [-0.25, -0.2) is 0 Å². The molecule has 0 aromatic carbocycles. The van der Waals surface area contributed by atoms with Gasteiger partial charge < -0.3 is 9.88 Å². The molecule has 1 aliphatic heterocycles. The van der Waals surface area contributed by atoms with Crippen molar-refractivity contribution in [3.8, 4) is 0 Å². The van der Waals surface area contributed by atoms with E-state index in [0.29, 0.717) is 30.1 Å². The fraction of sp³-hybridized carbons (Fsp3) is 0.625. The molecule has 1 aromatic rings. The molecule has 3 atom stereocenters. The van der Waals surface area contributed by atoms with Crippen LogP contribution in [-0.4, -0.2) is 23.4 Å². The molecule has 3 heteroatoms. The Hall–Kier alpha value is -1.61. The van der Waals surface area contributed by atoms with Crippen molar-refractivity contribution in [1.29, 1.82) is 0 Å². The molecule has 1 aliphatic carbocycles. The molecule has 2 aliphatic rings. The van der Waals surface area contributed by atoms with Crippen LogP contribution in [0.5, 0.6) is 0 Å². The van der Waals surface area contributed by atoms with Crippen LogP contribution in [0.3, 0.4) is 0 Å². The topological polar surface area (TPSA) is 34.0 Å². The van der Waals surface area contributed by atoms with E-state index in [1.165, 1.54) is 21.8 Å². The van der Waals surface area contributed by atoms with Gasteiger partial charge in [0.15, 0.2) is 0 Å². The standard InChI is InChI=1S/C24H36N2O/c1-5-8-10-19-21(15-24(27)20-14-17(20)7-3)23-13-12-18(25-4)16-26(23)22(19)11-9-6-2/h5,8,10-11,17-18,20,25H,6-7,9,12-16H2,1-4H3/b8-5-,19-10-,22-11-/t17-,18-,20?/m1/s1. The third kappa shape index (κ3) is 4.29. The van der Waals surface area contributed by atoms with Crippen molar-refractivity contribution in [2.24, 2.45) is 11.8 Å². The first kappa shape index (κ1) is 20.1. The summed E-state index contributed by atoms with van der Waals surface area (Å²) in [5.41, 5.74) is 2.71. The molecule has 0 radical (unpaired) electrons. The number of fused-ring (bicyclic) bond motifs is 1. The van der Waals surface area contributed by atoms with Crippen molar-refractivity contribution in [2.45, 2.75) is 78.3 Å². The molecule has 0 spiro atoms. The average molecular weight is 369 g/mol. The number of Topliss-reactive ketones (excluding diaryl/α,β-unsaturated/α-hetero) is 1. The van der Waals surface area contributed by atoms with E-state index >= 15 is 0 Å². The first-order valence-corrected chi connectivity index (χ1v) is 10.9. The second-order valence-electron chi connectivity index (χ2n) is 8.20. The van der Waals surface area contributed by atoms with Gasteiger partial charge in [0.2, 0.25) is 0 Å². The van der Waals surface area contributed by atoms with E-state index in [9.17, 15) is 4.79 Å². The van der Waals surface area contributed by atoms with Crippen LogP contribution in [0.25, 0.3) is 12.2 Å². The number of rotatable bonds is 8. The van der Waals surface area contributed by atoms with Gasteiger partial charge in [0.25, 0.3) is 0 Å². The fourth-order valence-electron chi connectivity index (χ4n) is 4.59. The van der Waals surface area contributed by atoms with Gasteiger partial charge >= 0.3 is 0 Å². The average Bonchev–Trinajstić information content (AvgIpc) is 3.43. The van der Waals surface area contributed by atoms with Crippen LogP contribution >= 0.6 is 0 Å². The van der Waals surface area contributed by atoms with Crippen molar-refractivity contribution in [1.82, 2.24) is 9.88 Å². The molecular formula is C24H36N2O. The predicted molar refractivity (Wildman–Crippen MR) is 114 cm³/mol. The minimum absolute atomic E-state index is 0.317. The molecule has 0 saturated heterocycles. The molecule has 1 fully saturated rings. The zero-order valence-corrected chi connectivity index (χ0v) is 17.6. The SMILES string of the molecule is C\C=C/C=c1/c(CC(=O)C2C[C@H]2CC)c2n(/c1=C\CCC)C[C@H](NC)CC2. The smallest absolute Gasteiger partial charge is 0.140 e. The van der Waals surface area contributed by atoms with E-state index < -0.39 is 0 Å². The van der Waals surface area contributed by atoms with Crippen molar-refractivity contribution >= 4 is 17.9 Å². The lowest BCUT2D eigenvalue weighted by atomic mass is 9.98. The second-order valence-corrected chi connectivity index (χ2v) is 8.20. The van der Waals surface area contributed by atoms with Crippen LogP contribution in [0.1, 0.15) is 64.1 Å². The lowest BCUT2D eigenvalue weighted by Crippen LogP contribution is -2.40. The molecule has 3 rings (SSSR count). The number of ketones is 1. The normalized spacial score (nSPS) is 26.0. The van der Waals surface area contributed by atoms with E-state index in [4.69, 9.17) is 0 Å². The number of carbonyl (C=O) groups excluding carboxylic acids is 1. The molecule has 1 aromatic heterocycles. The van der Waals surface area contributed by atoms with Crippen LogP contribution in [0.2, 0.25) is 0 Å². The number of nitrogens with one attached hydrogen (secondary N) is 1. The number of nitrogens with zero attached hydrogens (tertiary/aromatic N) is 1. The molecule has 1 saturated carbocycles. The number of aromatic nitrogens is 1. The first-order valence-electron chi connectivity index (χ1n) is 10.9. The van der Waals surface area contributed by atoms with E-state index in [-0.39, 0.29) is 0 Å². The van der Waals surface area contributed by atoms with Gasteiger partial charge in [-0.2, -0.15) is 0 Å². The molecular weight excluding hydrogens is 332 g/mol. The highest BCUT2D eigenvalue weighted by Crippen LogP contribution is 2.42. The summed E-state index contributed by atoms with van der Waals surface area (Å²) in [5.74, 6) is 1.42. The van der Waals surface area contributed by atoms with Gasteiger partial charge in [-0.15, -0.1) is 0 Å². The van der Waals surface area contributed by atoms with E-state index in [1.807, 2.05) is 0 Å². The molecule has 27 heavy (non-hydrogen) atoms. The zero-order valence-electron chi connectivity index (χ0n) is 17.6. The summed E-state index contributed by atoms with van der Waals surface area (Å²) in [6.07, 6.45) is 16.1. The molecule has 2 heterocycles. The first-order chi connectivity index (χ1) is 13.1. The number of likely N-dealkylation sites (N-methyl/N-ethyl adjacent to an activating group) is 1. The highest BCUT2D eigenvalue weighted by molar-refractivity contribution is 5.86. The Labute approximate surface area is 164 Å². The van der Waals surface area contributed by atoms with Crippen LogP contribution in [0.15, 0.2) is 12.2 Å². The highest BCUT2D eigenvalue weighted by Gasteiger charge is 2.41. The summed E-state index contributed by atoms with van der Waals surface area (Å²) in [6.45, 7) is 7.50. The third-order valence-electron chi connectivity index (χ3n) is 6.40. The van der Waals surface area contributed by atoms with Crippen LogP contribution < -0.4 is 15.9 Å². The van der Waals surface area contributed by atoms with Gasteiger partial charge in [-0.3, -0.25) is 4.79 Å². The summed E-state index contributed by atoms with van der Waals surface area (Å²) in [5, 5.41) is 6.07. The van der Waals surface area contributed by atoms with Gasteiger partial charge in [0.05, 0.1) is 0 Å². The molecule has 3 nitrogen and oxygen atoms in total. The summed E-state index contributed by atoms with van der Waals surface area (Å²) >= 11 is 0. The Morgan fingerprint density at radius 1 is 1.33 bits per heavy atom. The van der Waals surface area contributed by atoms with Crippen molar-refractivity contribution in [3.63, 3.8) is 0 Å². The Bertz CT molecular complexity index is 814. The third-order valence-corrected chi connectivity index (χ3v) is 6.40. The van der Waals surface area contributed by atoms with Crippen molar-refractivity contribution in [2.75, 3.05) is 7.05 Å². The Morgan fingerprint density at radius 3 is 2.78 bits per heavy atom. The van der Waals surface area contributed by atoms with Gasteiger partial charge in [0.1, 0.15) is 5.78 Å². The van der Waals surface area contributed by atoms with Crippen LogP contribution in [0.4, 0.5) is 0 Å². The monoisotopic (exact) mass is 368 g/mol. The Kier molecular flexibility index (Phi) is 6.75. The van der Waals surface area contributed by atoms with Gasteiger partial charge in [-0.05, 0) is 51.1 Å². The molecule has 0 bridgehead atoms. The molecule has 1 N–H and O–H groups in total. The lowest BCUT2D eigenvalue weighted by molar-refractivity contribution is -0.119. The molecule has 148 valence electrons.